The summed E-state index contributed by atoms with van der Waals surface area (Å²) in [6.07, 6.45) is 0. The molecule has 1 N–H and O–H groups in total. The van der Waals surface area contributed by atoms with E-state index in [1.165, 1.54) is 5.01 Å². The van der Waals surface area contributed by atoms with Gasteiger partial charge < -0.3 is 0 Å². The molecule has 14 heavy (non-hydrogen) atoms. The Morgan fingerprint density at radius 3 is 2.93 bits per heavy atom. The lowest BCUT2D eigenvalue weighted by Crippen LogP contribution is -2.49. The highest BCUT2D eigenvalue weighted by Crippen LogP contribution is 2.11. The van der Waals surface area contributed by atoms with E-state index in [0.29, 0.717) is 18.2 Å². The summed E-state index contributed by atoms with van der Waals surface area (Å²) >= 11 is 0. The van der Waals surface area contributed by atoms with Crippen LogP contribution in [0.5, 0.6) is 0 Å². The molecule has 0 unspecified atom stereocenters. The van der Waals surface area contributed by atoms with Gasteiger partial charge in [0, 0.05) is 7.05 Å². The Kier molecular flexibility index (Phi) is 1.66. The highest BCUT2D eigenvalue weighted by molar-refractivity contribution is 6.00. The molecular weight excluding hydrogens is 192 g/mol. The van der Waals surface area contributed by atoms with E-state index in [1.54, 1.807) is 12.1 Å². The van der Waals surface area contributed by atoms with Crippen LogP contribution in [-0.4, -0.2) is 52.3 Å². The monoisotopic (exact) mass is 200 g/mol. The standard InChI is InChI=1S/C5H8N6O3/c1-8-2-3-9-4(7-8)6-5(12)10(9)11(13)14/h2-3H2,1H3,(H,6,7,12). The van der Waals surface area contributed by atoms with E-state index in [4.69, 9.17) is 0 Å². The Morgan fingerprint density at radius 2 is 2.29 bits per heavy atom. The highest BCUT2D eigenvalue weighted by Gasteiger charge is 2.44. The van der Waals surface area contributed by atoms with Crippen molar-refractivity contribution in [1.82, 2.24) is 20.5 Å². The van der Waals surface area contributed by atoms with Gasteiger partial charge in [0.15, 0.2) is 5.03 Å². The lowest BCUT2D eigenvalue weighted by molar-refractivity contribution is -0.665. The Balaban J connectivity index is 2.29. The van der Waals surface area contributed by atoms with Gasteiger partial charge in [-0.1, -0.05) is 0 Å². The number of carbonyl (C=O) groups excluding carboxylic acids is 1. The molecule has 2 aliphatic rings. The fourth-order valence-corrected chi connectivity index (χ4v) is 1.30. The van der Waals surface area contributed by atoms with Crippen LogP contribution in [0.4, 0.5) is 4.79 Å². The van der Waals surface area contributed by atoms with Crippen molar-refractivity contribution >= 4 is 12.0 Å². The van der Waals surface area contributed by atoms with Crippen LogP contribution in [0, 0.1) is 10.1 Å². The summed E-state index contributed by atoms with van der Waals surface area (Å²) in [4.78, 5) is 21.6. The molecule has 9 heteroatoms. The number of hydrazine groups is 2. The Morgan fingerprint density at radius 1 is 1.57 bits per heavy atom. The van der Waals surface area contributed by atoms with Gasteiger partial charge in [-0.3, -0.25) is 10.3 Å². The largest absolute Gasteiger partial charge is 0.408 e. The van der Waals surface area contributed by atoms with E-state index in [0.717, 1.165) is 0 Å². The van der Waals surface area contributed by atoms with Crippen LogP contribution in [0.15, 0.2) is 5.10 Å². The summed E-state index contributed by atoms with van der Waals surface area (Å²) in [5.74, 6) is 0.195. The molecule has 1 fully saturated rings. The number of nitrogens with one attached hydrogen (secondary N) is 1. The van der Waals surface area contributed by atoms with Crippen molar-refractivity contribution in [3.05, 3.63) is 10.1 Å². The second-order valence-electron chi connectivity index (χ2n) is 2.89. The Labute approximate surface area is 78.6 Å². The first-order valence-electron chi connectivity index (χ1n) is 3.92. The molecule has 0 aliphatic carbocycles. The van der Waals surface area contributed by atoms with Gasteiger partial charge in [-0.2, -0.15) is 5.01 Å². The molecule has 9 nitrogen and oxygen atoms in total. The maximum absolute atomic E-state index is 11.1. The number of hydrazone groups is 1. The summed E-state index contributed by atoms with van der Waals surface area (Å²) < 4.78 is 0. The third-order valence-corrected chi connectivity index (χ3v) is 1.93. The summed E-state index contributed by atoms with van der Waals surface area (Å²) in [7, 11) is 1.73. The lowest BCUT2D eigenvalue weighted by Gasteiger charge is -2.26. The Hall–Kier alpha value is -2.06. The van der Waals surface area contributed by atoms with Gasteiger partial charge in [-0.25, -0.2) is 14.9 Å². The molecule has 2 heterocycles. The van der Waals surface area contributed by atoms with Gasteiger partial charge in [0.2, 0.25) is 5.96 Å². The van der Waals surface area contributed by atoms with E-state index in [2.05, 4.69) is 10.4 Å². The average molecular weight is 200 g/mol. The van der Waals surface area contributed by atoms with Crippen LogP contribution in [0.1, 0.15) is 0 Å². The predicted molar refractivity (Wildman–Crippen MR) is 44.1 cm³/mol. The second-order valence-corrected chi connectivity index (χ2v) is 2.89. The number of fused-ring (bicyclic) bond motifs is 1. The van der Waals surface area contributed by atoms with E-state index < -0.39 is 11.1 Å². The first-order chi connectivity index (χ1) is 6.59. The zero-order chi connectivity index (χ0) is 10.3. The minimum Gasteiger partial charge on any atom is -0.295 e. The van der Waals surface area contributed by atoms with E-state index >= 15 is 0 Å². The maximum Gasteiger partial charge on any atom is 0.408 e. The summed E-state index contributed by atoms with van der Waals surface area (Å²) in [6, 6.07) is -0.788. The van der Waals surface area contributed by atoms with Crippen molar-refractivity contribution in [3.8, 4) is 0 Å². The SMILES string of the molecule is CN1CCN2C(=N1)NC(=O)N2[N+](=O)[O-]. The average Bonchev–Trinajstić information content (AvgIpc) is 2.39. The molecule has 2 amide bonds. The maximum atomic E-state index is 11.1. The molecular formula is C5H8N6O3. The number of likely N-dealkylation sites (N-methyl/N-ethyl adjacent to an activating group) is 1. The van der Waals surface area contributed by atoms with Crippen molar-refractivity contribution in [2.75, 3.05) is 20.1 Å². The Bertz CT molecular complexity index is 327. The first-order valence-corrected chi connectivity index (χ1v) is 3.92. The lowest BCUT2D eigenvalue weighted by atomic mass is 10.5. The van der Waals surface area contributed by atoms with Crippen LogP contribution in [0.2, 0.25) is 0 Å². The minimum absolute atomic E-state index is 0.195. The molecule has 0 radical (unpaired) electrons. The van der Waals surface area contributed by atoms with Crippen LogP contribution in [0.25, 0.3) is 0 Å². The van der Waals surface area contributed by atoms with Crippen LogP contribution in [0.3, 0.4) is 0 Å². The number of rotatable bonds is 1. The minimum atomic E-state index is -0.788. The topological polar surface area (TPSA) is 94.3 Å². The quantitative estimate of drug-likeness (QED) is 0.416. The van der Waals surface area contributed by atoms with Gasteiger partial charge >= 0.3 is 6.03 Å². The fourth-order valence-electron chi connectivity index (χ4n) is 1.30. The summed E-state index contributed by atoms with van der Waals surface area (Å²) in [6.45, 7) is 0.887. The predicted octanol–water partition coefficient (Wildman–Crippen LogP) is -1.36. The molecule has 76 valence electrons. The third-order valence-electron chi connectivity index (χ3n) is 1.93. The second kappa shape index (κ2) is 2.72. The van der Waals surface area contributed by atoms with Crippen molar-refractivity contribution in [2.45, 2.75) is 0 Å². The summed E-state index contributed by atoms with van der Waals surface area (Å²) in [5.41, 5.74) is 0. The number of amides is 2. The molecule has 0 aromatic carbocycles. The molecule has 0 saturated carbocycles. The van der Waals surface area contributed by atoms with Crippen molar-refractivity contribution in [3.63, 3.8) is 0 Å². The number of nitro groups is 1. The molecule has 0 bridgehead atoms. The smallest absolute Gasteiger partial charge is 0.295 e. The van der Waals surface area contributed by atoms with Crippen molar-refractivity contribution < 1.29 is 9.83 Å². The highest BCUT2D eigenvalue weighted by atomic mass is 16.7. The molecule has 2 rings (SSSR count). The third kappa shape index (κ3) is 1.09. The van der Waals surface area contributed by atoms with E-state index in [-0.39, 0.29) is 5.96 Å². The zero-order valence-corrected chi connectivity index (χ0v) is 7.38. The van der Waals surface area contributed by atoms with Gasteiger partial charge in [-0.15, -0.1) is 5.10 Å². The molecule has 0 aromatic rings. The normalized spacial score (nSPS) is 20.5. The number of urea groups is 1. The molecule has 0 aromatic heterocycles. The number of hydrogen-bond acceptors (Lipinski definition) is 6. The molecule has 2 aliphatic heterocycles. The number of hydrogen-bond donors (Lipinski definition) is 1. The first kappa shape index (κ1) is 8.53. The number of carbonyl (C=O) groups is 1. The van der Waals surface area contributed by atoms with Gasteiger partial charge in [0.25, 0.3) is 0 Å². The molecule has 0 spiro atoms. The van der Waals surface area contributed by atoms with Crippen LogP contribution in [-0.2, 0) is 0 Å². The van der Waals surface area contributed by atoms with E-state index in [1.807, 2.05) is 0 Å². The van der Waals surface area contributed by atoms with Gasteiger partial charge in [0.05, 0.1) is 18.2 Å². The van der Waals surface area contributed by atoms with Crippen molar-refractivity contribution in [2.24, 2.45) is 5.10 Å². The van der Waals surface area contributed by atoms with Crippen molar-refractivity contribution in [1.29, 1.82) is 0 Å². The number of guanidine groups is 1. The van der Waals surface area contributed by atoms with Crippen LogP contribution >= 0.6 is 0 Å². The molecule has 0 atom stereocenters. The van der Waals surface area contributed by atoms with Gasteiger partial charge in [0.1, 0.15) is 0 Å². The number of nitrogens with zero attached hydrogens (tertiary/aromatic N) is 5. The van der Waals surface area contributed by atoms with Crippen LogP contribution < -0.4 is 5.32 Å². The van der Waals surface area contributed by atoms with E-state index in [9.17, 15) is 14.9 Å². The summed E-state index contributed by atoms with van der Waals surface area (Å²) in [5, 5.41) is 19.2. The fraction of sp³-hybridized carbons (Fsp3) is 0.600. The zero-order valence-electron chi connectivity index (χ0n) is 7.38. The molecule has 1 saturated heterocycles. The van der Waals surface area contributed by atoms with Gasteiger partial charge in [-0.05, 0) is 0 Å².